The molecular weight excluding hydrogens is 285 g/mol. The van der Waals surface area contributed by atoms with Gasteiger partial charge in [0.15, 0.2) is 0 Å². The zero-order valence-electron chi connectivity index (χ0n) is 10.2. The van der Waals surface area contributed by atoms with Crippen LogP contribution in [0, 0.1) is 0 Å². The van der Waals surface area contributed by atoms with E-state index in [9.17, 15) is 21.6 Å². The summed E-state index contributed by atoms with van der Waals surface area (Å²) < 4.78 is 67.0. The molecule has 0 spiro atoms. The van der Waals surface area contributed by atoms with E-state index in [1.54, 1.807) is 7.05 Å². The molecule has 5 nitrogen and oxygen atoms in total. The van der Waals surface area contributed by atoms with Gasteiger partial charge in [0.1, 0.15) is 12.5 Å². The first kappa shape index (κ1) is 15.6. The number of nitrogens with one attached hydrogen (secondary N) is 2. The van der Waals surface area contributed by atoms with Gasteiger partial charge in [-0.15, -0.1) is 0 Å². The van der Waals surface area contributed by atoms with Gasteiger partial charge in [0.25, 0.3) is 0 Å². The summed E-state index contributed by atoms with van der Waals surface area (Å²) in [6.45, 7) is 0.0316. The van der Waals surface area contributed by atoms with Gasteiger partial charge in [-0.3, -0.25) is 10.0 Å². The fourth-order valence-electron chi connectivity index (χ4n) is 1.26. The fourth-order valence-corrected chi connectivity index (χ4v) is 1.82. The van der Waals surface area contributed by atoms with E-state index in [-0.39, 0.29) is 18.2 Å². The van der Waals surface area contributed by atoms with Crippen molar-refractivity contribution >= 4 is 15.7 Å². The van der Waals surface area contributed by atoms with Crippen LogP contribution in [-0.2, 0) is 16.2 Å². The van der Waals surface area contributed by atoms with Gasteiger partial charge in [0.2, 0.25) is 10.0 Å². The van der Waals surface area contributed by atoms with Crippen molar-refractivity contribution in [3.63, 3.8) is 0 Å². The molecule has 0 fully saturated rings. The lowest BCUT2D eigenvalue weighted by atomic mass is 10.2. The summed E-state index contributed by atoms with van der Waals surface area (Å²) in [5.74, 6) is 0.00720. The maximum absolute atomic E-state index is 12.6. The summed E-state index contributed by atoms with van der Waals surface area (Å²) in [7, 11) is -2.13. The highest BCUT2D eigenvalue weighted by molar-refractivity contribution is 7.92. The lowest BCUT2D eigenvalue weighted by Gasteiger charge is -2.14. The molecule has 108 valence electrons. The molecule has 2 N–H and O–H groups in total. The number of ether oxygens (including phenoxy) is 1. The second-order valence-electron chi connectivity index (χ2n) is 3.73. The Kier molecular flexibility index (Phi) is 4.64. The van der Waals surface area contributed by atoms with Crippen molar-refractivity contribution in [2.75, 3.05) is 24.8 Å². The molecule has 19 heavy (non-hydrogen) atoms. The van der Waals surface area contributed by atoms with E-state index in [4.69, 9.17) is 4.74 Å². The Morgan fingerprint density at radius 3 is 2.42 bits per heavy atom. The molecule has 0 aliphatic rings. The van der Waals surface area contributed by atoms with Gasteiger partial charge in [-0.25, -0.2) is 8.42 Å². The highest BCUT2D eigenvalue weighted by Crippen LogP contribution is 2.35. The van der Waals surface area contributed by atoms with Crippen molar-refractivity contribution in [1.29, 1.82) is 0 Å². The minimum atomic E-state index is -4.56. The summed E-state index contributed by atoms with van der Waals surface area (Å²) in [4.78, 5) is 0. The minimum absolute atomic E-state index is 0.00720. The number of halogens is 3. The van der Waals surface area contributed by atoms with Crippen LogP contribution in [0.15, 0.2) is 18.2 Å². The Morgan fingerprint density at radius 2 is 1.95 bits per heavy atom. The molecule has 1 rings (SSSR count). The smallest absolute Gasteiger partial charge is 0.416 e. The average molecular weight is 298 g/mol. The fraction of sp³-hybridized carbons (Fsp3) is 0.400. The highest BCUT2D eigenvalue weighted by Gasteiger charge is 2.31. The average Bonchev–Trinajstić information content (AvgIpc) is 2.24. The van der Waals surface area contributed by atoms with Crippen LogP contribution in [0.3, 0.4) is 0 Å². The van der Waals surface area contributed by atoms with Crippen molar-refractivity contribution in [3.8, 4) is 5.75 Å². The molecule has 0 aromatic heterocycles. The van der Waals surface area contributed by atoms with Crippen molar-refractivity contribution in [2.45, 2.75) is 6.18 Å². The molecular formula is C10H13F3N2O3S. The third-order valence-electron chi connectivity index (χ3n) is 1.97. The lowest BCUT2D eigenvalue weighted by molar-refractivity contribution is -0.137. The Labute approximate surface area is 108 Å². The summed E-state index contributed by atoms with van der Waals surface area (Å²) in [6, 6.07) is 2.57. The standard InChI is InChI=1S/C10H13F3N2O3S/c1-14-6-18-9-4-3-7(10(11,12)13)5-8(9)15-19(2,16)17/h3-5,14-15H,6H2,1-2H3. The van der Waals surface area contributed by atoms with Crippen LogP contribution in [-0.4, -0.2) is 28.5 Å². The third kappa shape index (κ3) is 4.95. The quantitative estimate of drug-likeness (QED) is 0.811. The van der Waals surface area contributed by atoms with E-state index >= 15 is 0 Å². The van der Waals surface area contributed by atoms with E-state index in [2.05, 4.69) is 5.32 Å². The van der Waals surface area contributed by atoms with Gasteiger partial charge in [-0.05, 0) is 25.2 Å². The van der Waals surface area contributed by atoms with Crippen LogP contribution in [0.25, 0.3) is 0 Å². The number of hydrogen-bond acceptors (Lipinski definition) is 4. The van der Waals surface area contributed by atoms with Gasteiger partial charge in [0, 0.05) is 0 Å². The first-order chi connectivity index (χ1) is 8.63. The van der Waals surface area contributed by atoms with Crippen LogP contribution >= 0.6 is 0 Å². The van der Waals surface area contributed by atoms with Gasteiger partial charge in [0.05, 0.1) is 17.5 Å². The van der Waals surface area contributed by atoms with Crippen molar-refractivity contribution in [3.05, 3.63) is 23.8 Å². The second-order valence-corrected chi connectivity index (χ2v) is 5.47. The van der Waals surface area contributed by atoms with E-state index in [0.717, 1.165) is 18.4 Å². The van der Waals surface area contributed by atoms with Crippen molar-refractivity contribution in [2.24, 2.45) is 0 Å². The van der Waals surface area contributed by atoms with Gasteiger partial charge < -0.3 is 4.74 Å². The summed E-state index contributed by atoms with van der Waals surface area (Å²) in [5.41, 5.74) is -1.22. The monoisotopic (exact) mass is 298 g/mol. The molecule has 0 saturated carbocycles. The molecule has 0 bridgehead atoms. The summed E-state index contributed by atoms with van der Waals surface area (Å²) in [5, 5.41) is 2.63. The maximum Gasteiger partial charge on any atom is 0.416 e. The van der Waals surface area contributed by atoms with E-state index in [0.29, 0.717) is 6.07 Å². The topological polar surface area (TPSA) is 67.4 Å². The normalized spacial score (nSPS) is 12.3. The maximum atomic E-state index is 12.6. The third-order valence-corrected chi connectivity index (χ3v) is 2.56. The van der Waals surface area contributed by atoms with Gasteiger partial charge >= 0.3 is 6.18 Å². The zero-order valence-corrected chi connectivity index (χ0v) is 11.0. The molecule has 0 atom stereocenters. The summed E-state index contributed by atoms with van der Waals surface area (Å²) in [6.07, 6.45) is -3.72. The SMILES string of the molecule is CNCOc1ccc(C(F)(F)F)cc1NS(C)(=O)=O. The first-order valence-electron chi connectivity index (χ1n) is 5.10. The van der Waals surface area contributed by atoms with Crippen LogP contribution in [0.2, 0.25) is 0 Å². The number of sulfonamides is 1. The van der Waals surface area contributed by atoms with Crippen LogP contribution in [0.1, 0.15) is 5.56 Å². The largest absolute Gasteiger partial charge is 0.476 e. The van der Waals surface area contributed by atoms with Gasteiger partial charge in [-0.1, -0.05) is 0 Å². The number of hydrogen-bond donors (Lipinski definition) is 2. The van der Waals surface area contributed by atoms with Crippen LogP contribution in [0.5, 0.6) is 5.75 Å². The molecule has 0 unspecified atom stereocenters. The van der Waals surface area contributed by atoms with E-state index < -0.39 is 21.8 Å². The Balaban J connectivity index is 3.18. The van der Waals surface area contributed by atoms with Crippen molar-refractivity contribution in [1.82, 2.24) is 5.32 Å². The number of anilines is 1. The molecule has 1 aromatic rings. The number of benzene rings is 1. The first-order valence-corrected chi connectivity index (χ1v) is 6.99. The summed E-state index contributed by atoms with van der Waals surface area (Å²) >= 11 is 0. The zero-order chi connectivity index (χ0) is 14.7. The predicted molar refractivity (Wildman–Crippen MR) is 64.5 cm³/mol. The van der Waals surface area contributed by atoms with E-state index in [1.807, 2.05) is 4.72 Å². The number of alkyl halides is 3. The molecule has 0 radical (unpaired) electrons. The molecule has 0 amide bonds. The highest BCUT2D eigenvalue weighted by atomic mass is 32.2. The molecule has 0 saturated heterocycles. The minimum Gasteiger partial charge on any atom is -0.476 e. The molecule has 0 aliphatic heterocycles. The van der Waals surface area contributed by atoms with Crippen LogP contribution < -0.4 is 14.8 Å². The van der Waals surface area contributed by atoms with Crippen LogP contribution in [0.4, 0.5) is 18.9 Å². The Hall–Kier alpha value is -1.48. The Morgan fingerprint density at radius 1 is 1.32 bits per heavy atom. The van der Waals surface area contributed by atoms with E-state index in [1.165, 1.54) is 0 Å². The second kappa shape index (κ2) is 5.66. The Bertz CT molecular complexity index is 543. The van der Waals surface area contributed by atoms with Crippen molar-refractivity contribution < 1.29 is 26.3 Å². The molecule has 0 heterocycles. The number of rotatable bonds is 5. The molecule has 9 heteroatoms. The lowest BCUT2D eigenvalue weighted by Crippen LogP contribution is -2.17. The molecule has 0 aliphatic carbocycles. The predicted octanol–water partition coefficient (Wildman–Crippen LogP) is 1.63. The molecule has 1 aromatic carbocycles. The van der Waals surface area contributed by atoms with Gasteiger partial charge in [-0.2, -0.15) is 13.2 Å².